The number of H-pyrrole nitrogens is 1. The van der Waals surface area contributed by atoms with Gasteiger partial charge in [-0.15, -0.1) is 10.2 Å². The fraction of sp³-hybridized carbons (Fsp3) is 0.235. The highest BCUT2D eigenvalue weighted by Crippen LogP contribution is 2.26. The molecular weight excluding hydrogens is 324 g/mol. The summed E-state index contributed by atoms with van der Waals surface area (Å²) >= 11 is 7.06. The Labute approximate surface area is 145 Å². The van der Waals surface area contributed by atoms with Gasteiger partial charge in [-0.3, -0.25) is 0 Å². The molecule has 6 heteroatoms. The topological polar surface area (TPSA) is 46.5 Å². The summed E-state index contributed by atoms with van der Waals surface area (Å²) in [6.07, 6.45) is 1.82. The average molecular weight is 342 g/mol. The molecule has 0 aliphatic heterocycles. The monoisotopic (exact) mass is 342 g/mol. The highest BCUT2D eigenvalue weighted by molar-refractivity contribution is 7.98. The minimum Gasteiger partial charge on any atom is -0.352 e. The number of benzene rings is 1. The van der Waals surface area contributed by atoms with Gasteiger partial charge in [0.25, 0.3) is 0 Å². The van der Waals surface area contributed by atoms with Gasteiger partial charge in [0, 0.05) is 18.5 Å². The van der Waals surface area contributed by atoms with Gasteiger partial charge in [0.1, 0.15) is 4.64 Å². The first-order valence-electron chi connectivity index (χ1n) is 7.48. The third-order valence-electron chi connectivity index (χ3n) is 3.58. The summed E-state index contributed by atoms with van der Waals surface area (Å²) in [7, 11) is 0. The number of nitrogens with one attached hydrogen (secondary N) is 1. The molecule has 0 fully saturated rings. The number of nitrogens with zero attached hydrogens (tertiary/aromatic N) is 3. The molecule has 0 aliphatic rings. The van der Waals surface area contributed by atoms with Gasteiger partial charge in [-0.2, -0.15) is 0 Å². The van der Waals surface area contributed by atoms with Gasteiger partial charge in [-0.05, 0) is 31.5 Å². The summed E-state index contributed by atoms with van der Waals surface area (Å²) in [4.78, 5) is 3.05. The fourth-order valence-electron chi connectivity index (χ4n) is 2.31. The van der Waals surface area contributed by atoms with Crippen molar-refractivity contribution in [2.24, 2.45) is 0 Å². The number of rotatable bonds is 5. The number of pyridine rings is 1. The highest BCUT2D eigenvalue weighted by atomic mass is 32.2. The molecule has 4 nitrogen and oxygen atoms in total. The fourth-order valence-corrected chi connectivity index (χ4v) is 3.50. The predicted octanol–water partition coefficient (Wildman–Crippen LogP) is 4.62. The Morgan fingerprint density at radius 2 is 1.96 bits per heavy atom. The number of hydrogen-bond acceptors (Lipinski definition) is 4. The van der Waals surface area contributed by atoms with Crippen molar-refractivity contribution in [1.29, 1.82) is 0 Å². The second-order valence-electron chi connectivity index (χ2n) is 5.24. The molecule has 3 aromatic rings. The molecule has 0 aliphatic carbocycles. The smallest absolute Gasteiger partial charge is 0.191 e. The van der Waals surface area contributed by atoms with Crippen molar-refractivity contribution in [2.45, 2.75) is 31.3 Å². The summed E-state index contributed by atoms with van der Waals surface area (Å²) < 4.78 is 2.79. The first kappa shape index (κ1) is 16.0. The summed E-state index contributed by atoms with van der Waals surface area (Å²) in [5, 5.41) is 9.62. The maximum absolute atomic E-state index is 5.36. The summed E-state index contributed by atoms with van der Waals surface area (Å²) in [6, 6.07) is 12.5. The van der Waals surface area contributed by atoms with E-state index >= 15 is 0 Å². The Hall–Kier alpha value is -1.92. The van der Waals surface area contributed by atoms with Crippen LogP contribution >= 0.6 is 24.0 Å². The van der Waals surface area contributed by atoms with Crippen LogP contribution in [0.4, 0.5) is 0 Å². The van der Waals surface area contributed by atoms with E-state index in [-0.39, 0.29) is 0 Å². The minimum absolute atomic E-state index is 0.685. The minimum atomic E-state index is 0.685. The first-order chi connectivity index (χ1) is 11.2. The molecule has 2 heterocycles. The van der Waals surface area contributed by atoms with Crippen LogP contribution in [0.15, 0.2) is 47.8 Å². The van der Waals surface area contributed by atoms with Gasteiger partial charge in [0.05, 0.1) is 5.56 Å². The van der Waals surface area contributed by atoms with Gasteiger partial charge in [0.2, 0.25) is 0 Å². The molecule has 0 radical (unpaired) electrons. The van der Waals surface area contributed by atoms with Crippen LogP contribution < -0.4 is 0 Å². The molecule has 1 N–H and O–H groups in total. The van der Waals surface area contributed by atoms with Crippen molar-refractivity contribution in [3.63, 3.8) is 0 Å². The zero-order valence-electron chi connectivity index (χ0n) is 13.1. The van der Waals surface area contributed by atoms with Crippen LogP contribution in [0.3, 0.4) is 0 Å². The summed E-state index contributed by atoms with van der Waals surface area (Å²) in [6.45, 7) is 5.00. The SMILES string of the molecule is CCn1c(SCc2ccc(C)cc2)nnc1-c1ccc[nH]c1=S. The Morgan fingerprint density at radius 1 is 1.17 bits per heavy atom. The second kappa shape index (κ2) is 7.10. The van der Waals surface area contributed by atoms with E-state index in [4.69, 9.17) is 12.2 Å². The standard InChI is InChI=1S/C17H18N4S2/c1-3-21-15(14-5-4-10-18-16(14)22)19-20-17(21)23-11-13-8-6-12(2)7-9-13/h4-10H,3,11H2,1-2H3,(H,18,22). The number of hydrogen-bond donors (Lipinski definition) is 1. The quantitative estimate of drug-likeness (QED) is 0.543. The molecule has 118 valence electrons. The van der Waals surface area contributed by atoms with Crippen molar-refractivity contribution in [3.05, 3.63) is 58.4 Å². The van der Waals surface area contributed by atoms with E-state index in [1.165, 1.54) is 11.1 Å². The Balaban J connectivity index is 1.85. The third-order valence-corrected chi connectivity index (χ3v) is 4.96. The van der Waals surface area contributed by atoms with Gasteiger partial charge in [-0.25, -0.2) is 0 Å². The van der Waals surface area contributed by atoms with Crippen LogP contribution in [0.5, 0.6) is 0 Å². The summed E-state index contributed by atoms with van der Waals surface area (Å²) in [5.41, 5.74) is 3.47. The summed E-state index contributed by atoms with van der Waals surface area (Å²) in [5.74, 6) is 1.70. The molecule has 0 spiro atoms. The predicted molar refractivity (Wildman–Crippen MR) is 97.1 cm³/mol. The lowest BCUT2D eigenvalue weighted by atomic mass is 10.2. The maximum atomic E-state index is 5.36. The molecule has 0 saturated heterocycles. The van der Waals surface area contributed by atoms with Crippen molar-refractivity contribution in [3.8, 4) is 11.4 Å². The Bertz CT molecular complexity index is 850. The van der Waals surface area contributed by atoms with E-state index in [9.17, 15) is 0 Å². The van der Waals surface area contributed by atoms with Gasteiger partial charge in [0.15, 0.2) is 11.0 Å². The van der Waals surface area contributed by atoms with E-state index in [1.807, 2.05) is 18.3 Å². The molecule has 0 amide bonds. The molecule has 0 saturated carbocycles. The maximum Gasteiger partial charge on any atom is 0.191 e. The zero-order chi connectivity index (χ0) is 16.2. The number of aromatic amines is 1. The average Bonchev–Trinajstić information content (AvgIpc) is 2.97. The van der Waals surface area contributed by atoms with E-state index in [1.54, 1.807) is 11.8 Å². The largest absolute Gasteiger partial charge is 0.352 e. The lowest BCUT2D eigenvalue weighted by Crippen LogP contribution is -2.00. The Kier molecular flexibility index (Phi) is 4.93. The van der Waals surface area contributed by atoms with Crippen molar-refractivity contribution < 1.29 is 0 Å². The molecule has 0 bridgehead atoms. The first-order valence-corrected chi connectivity index (χ1v) is 8.88. The number of aryl methyl sites for hydroxylation is 1. The van der Waals surface area contributed by atoms with Crippen molar-refractivity contribution in [1.82, 2.24) is 19.7 Å². The molecule has 0 atom stereocenters. The van der Waals surface area contributed by atoms with Crippen LogP contribution in [0.1, 0.15) is 18.1 Å². The molecule has 2 aromatic heterocycles. The van der Waals surface area contributed by atoms with E-state index in [0.29, 0.717) is 4.64 Å². The number of thioether (sulfide) groups is 1. The van der Waals surface area contributed by atoms with Crippen molar-refractivity contribution in [2.75, 3.05) is 0 Å². The Morgan fingerprint density at radius 3 is 2.65 bits per heavy atom. The second-order valence-corrected chi connectivity index (χ2v) is 6.59. The van der Waals surface area contributed by atoms with Gasteiger partial charge < -0.3 is 9.55 Å². The lowest BCUT2D eigenvalue weighted by molar-refractivity contribution is 0.687. The van der Waals surface area contributed by atoms with Crippen molar-refractivity contribution >= 4 is 24.0 Å². The van der Waals surface area contributed by atoms with E-state index in [0.717, 1.165) is 28.8 Å². The molecule has 1 aromatic carbocycles. The van der Waals surface area contributed by atoms with Gasteiger partial charge >= 0.3 is 0 Å². The highest BCUT2D eigenvalue weighted by Gasteiger charge is 2.14. The van der Waals surface area contributed by atoms with Crippen LogP contribution in [0, 0.1) is 11.6 Å². The molecule has 0 unspecified atom stereocenters. The third kappa shape index (κ3) is 3.54. The molecule has 23 heavy (non-hydrogen) atoms. The number of aromatic nitrogens is 4. The molecular formula is C17H18N4S2. The van der Waals surface area contributed by atoms with Crippen LogP contribution in [0.2, 0.25) is 0 Å². The van der Waals surface area contributed by atoms with E-state index < -0.39 is 0 Å². The van der Waals surface area contributed by atoms with Crippen LogP contribution in [-0.2, 0) is 12.3 Å². The van der Waals surface area contributed by atoms with Crippen LogP contribution in [0.25, 0.3) is 11.4 Å². The lowest BCUT2D eigenvalue weighted by Gasteiger charge is -2.07. The normalized spacial score (nSPS) is 10.9. The van der Waals surface area contributed by atoms with Crippen LogP contribution in [-0.4, -0.2) is 19.7 Å². The molecule has 3 rings (SSSR count). The van der Waals surface area contributed by atoms with E-state index in [2.05, 4.69) is 57.9 Å². The zero-order valence-corrected chi connectivity index (χ0v) is 14.7. The van der Waals surface area contributed by atoms with Gasteiger partial charge in [-0.1, -0.05) is 53.8 Å².